The summed E-state index contributed by atoms with van der Waals surface area (Å²) in [5.74, 6) is -0.882. The fourth-order valence-corrected chi connectivity index (χ4v) is 7.87. The Labute approximate surface area is 385 Å². The van der Waals surface area contributed by atoms with Gasteiger partial charge in [0.05, 0.1) is 0 Å². The highest BCUT2D eigenvalue weighted by atomic mass is 16.6. The third-order valence-corrected chi connectivity index (χ3v) is 11.9. The van der Waals surface area contributed by atoms with Gasteiger partial charge in [-0.2, -0.15) is 0 Å². The molecule has 0 spiro atoms. The summed E-state index contributed by atoms with van der Waals surface area (Å²) in [6.07, 6.45) is 60.0. The maximum absolute atomic E-state index is 12.8. The van der Waals surface area contributed by atoms with Crippen LogP contribution >= 0.6 is 0 Å². The monoisotopic (exact) mass is 871 g/mol. The fraction of sp³-hybridized carbons (Fsp3) is 0.839. The molecule has 362 valence electrons. The molecule has 1 atom stereocenters. The number of allylic oxidation sites excluding steroid dienone is 6. The van der Waals surface area contributed by atoms with Crippen molar-refractivity contribution in [1.29, 1.82) is 0 Å². The largest absolute Gasteiger partial charge is 0.462 e. The molecule has 1 unspecified atom stereocenters. The second-order valence-electron chi connectivity index (χ2n) is 18.1. The van der Waals surface area contributed by atoms with Crippen LogP contribution in [-0.2, 0) is 28.6 Å². The van der Waals surface area contributed by atoms with E-state index in [1.165, 1.54) is 148 Å². The summed E-state index contributed by atoms with van der Waals surface area (Å²) in [5.41, 5.74) is 0. The van der Waals surface area contributed by atoms with E-state index in [9.17, 15) is 14.4 Å². The van der Waals surface area contributed by atoms with E-state index in [1.54, 1.807) is 0 Å². The van der Waals surface area contributed by atoms with Gasteiger partial charge in [0.25, 0.3) is 0 Å². The topological polar surface area (TPSA) is 78.9 Å². The molecule has 6 heteroatoms. The smallest absolute Gasteiger partial charge is 0.306 e. The van der Waals surface area contributed by atoms with Gasteiger partial charge in [0.1, 0.15) is 13.2 Å². The molecule has 0 N–H and O–H groups in total. The highest BCUT2D eigenvalue weighted by molar-refractivity contribution is 5.71. The molecule has 0 aliphatic heterocycles. The van der Waals surface area contributed by atoms with Crippen LogP contribution < -0.4 is 0 Å². The molecule has 0 saturated heterocycles. The second-order valence-corrected chi connectivity index (χ2v) is 18.1. The predicted octanol–water partition coefficient (Wildman–Crippen LogP) is 17.7. The quantitative estimate of drug-likeness (QED) is 0.0262. The van der Waals surface area contributed by atoms with Gasteiger partial charge in [-0.1, -0.05) is 250 Å². The molecular formula is C56H102O6. The number of carbonyl (C=O) groups is 3. The number of rotatable bonds is 49. The van der Waals surface area contributed by atoms with E-state index < -0.39 is 6.10 Å². The minimum absolute atomic E-state index is 0.0751. The summed E-state index contributed by atoms with van der Waals surface area (Å²) in [6, 6.07) is 0. The van der Waals surface area contributed by atoms with Gasteiger partial charge in [-0.15, -0.1) is 0 Å². The third kappa shape index (κ3) is 48.7. The Hall–Kier alpha value is -2.37. The lowest BCUT2D eigenvalue weighted by molar-refractivity contribution is -0.167. The van der Waals surface area contributed by atoms with Crippen molar-refractivity contribution >= 4 is 17.9 Å². The van der Waals surface area contributed by atoms with Crippen LogP contribution in [-0.4, -0.2) is 37.2 Å². The Bertz CT molecular complexity index is 1050. The Morgan fingerprint density at radius 2 is 0.629 bits per heavy atom. The standard InChI is InChI=1S/C56H102O6/c1-4-7-10-13-16-19-21-23-25-26-27-28-29-31-32-34-37-40-43-46-49-55(58)61-52-53(51-60-54(57)48-45-42-39-36-18-15-12-9-6-3)62-56(59)50-47-44-41-38-35-33-30-24-22-20-17-14-11-8-5-2/h8,11,17,20,24,30,53H,4-7,9-10,12-16,18-19,21-23,25-29,31-52H2,1-3H3/b11-8-,20-17-,30-24-. The van der Waals surface area contributed by atoms with Crippen molar-refractivity contribution in [2.75, 3.05) is 13.2 Å². The highest BCUT2D eigenvalue weighted by Gasteiger charge is 2.19. The van der Waals surface area contributed by atoms with Crippen LogP contribution in [0.3, 0.4) is 0 Å². The number of esters is 3. The predicted molar refractivity (Wildman–Crippen MR) is 266 cm³/mol. The normalized spacial score (nSPS) is 12.2. The van der Waals surface area contributed by atoms with Crippen LogP contribution in [0.25, 0.3) is 0 Å². The molecule has 0 aliphatic carbocycles. The van der Waals surface area contributed by atoms with Crippen LogP contribution in [0, 0.1) is 0 Å². The van der Waals surface area contributed by atoms with Crippen molar-refractivity contribution < 1.29 is 28.6 Å². The molecule has 0 heterocycles. The van der Waals surface area contributed by atoms with Gasteiger partial charge in [-0.25, -0.2) is 0 Å². The number of carbonyl (C=O) groups excluding carboxylic acids is 3. The van der Waals surface area contributed by atoms with E-state index in [4.69, 9.17) is 14.2 Å². The lowest BCUT2D eigenvalue weighted by atomic mass is 10.0. The third-order valence-electron chi connectivity index (χ3n) is 11.9. The zero-order valence-corrected chi connectivity index (χ0v) is 41.4. The highest BCUT2D eigenvalue weighted by Crippen LogP contribution is 2.16. The molecule has 0 rings (SSSR count). The van der Waals surface area contributed by atoms with Crippen LogP contribution in [0.5, 0.6) is 0 Å². The first-order chi connectivity index (χ1) is 30.5. The van der Waals surface area contributed by atoms with E-state index in [0.29, 0.717) is 19.3 Å². The Morgan fingerprint density at radius 3 is 0.984 bits per heavy atom. The average Bonchev–Trinajstić information content (AvgIpc) is 3.27. The van der Waals surface area contributed by atoms with Crippen molar-refractivity contribution in [3.63, 3.8) is 0 Å². The Kier molecular flexibility index (Phi) is 49.3. The first-order valence-corrected chi connectivity index (χ1v) is 27.0. The minimum atomic E-state index is -0.775. The zero-order chi connectivity index (χ0) is 45.1. The van der Waals surface area contributed by atoms with Crippen LogP contribution in [0.2, 0.25) is 0 Å². The van der Waals surface area contributed by atoms with Crippen molar-refractivity contribution in [3.8, 4) is 0 Å². The summed E-state index contributed by atoms with van der Waals surface area (Å²) >= 11 is 0. The fourth-order valence-electron chi connectivity index (χ4n) is 7.87. The summed E-state index contributed by atoms with van der Waals surface area (Å²) in [6.45, 7) is 6.52. The molecular weight excluding hydrogens is 769 g/mol. The van der Waals surface area contributed by atoms with Crippen molar-refractivity contribution in [2.24, 2.45) is 0 Å². The summed E-state index contributed by atoms with van der Waals surface area (Å²) in [5, 5.41) is 0. The van der Waals surface area contributed by atoms with E-state index >= 15 is 0 Å². The van der Waals surface area contributed by atoms with Crippen molar-refractivity contribution in [1.82, 2.24) is 0 Å². The number of unbranched alkanes of at least 4 members (excludes halogenated alkanes) is 32. The first kappa shape index (κ1) is 59.6. The Balaban J connectivity index is 4.25. The van der Waals surface area contributed by atoms with E-state index in [1.807, 2.05) is 0 Å². The van der Waals surface area contributed by atoms with E-state index in [-0.39, 0.29) is 31.1 Å². The lowest BCUT2D eigenvalue weighted by Crippen LogP contribution is -2.30. The van der Waals surface area contributed by atoms with Gasteiger partial charge >= 0.3 is 17.9 Å². The Morgan fingerprint density at radius 1 is 0.339 bits per heavy atom. The van der Waals surface area contributed by atoms with Gasteiger partial charge < -0.3 is 14.2 Å². The van der Waals surface area contributed by atoms with Crippen molar-refractivity contribution in [3.05, 3.63) is 36.5 Å². The van der Waals surface area contributed by atoms with Crippen LogP contribution in [0.15, 0.2) is 36.5 Å². The zero-order valence-electron chi connectivity index (χ0n) is 41.4. The first-order valence-electron chi connectivity index (χ1n) is 27.0. The van der Waals surface area contributed by atoms with E-state index in [0.717, 1.165) is 96.3 Å². The maximum Gasteiger partial charge on any atom is 0.306 e. The van der Waals surface area contributed by atoms with Gasteiger partial charge in [0, 0.05) is 19.3 Å². The molecule has 0 aromatic rings. The minimum Gasteiger partial charge on any atom is -0.462 e. The summed E-state index contributed by atoms with van der Waals surface area (Å²) in [4.78, 5) is 37.9. The summed E-state index contributed by atoms with van der Waals surface area (Å²) in [7, 11) is 0. The molecule has 0 radical (unpaired) electrons. The lowest BCUT2D eigenvalue weighted by Gasteiger charge is -2.18. The molecule has 0 amide bonds. The van der Waals surface area contributed by atoms with Gasteiger partial charge in [-0.05, 0) is 51.4 Å². The molecule has 0 saturated carbocycles. The molecule has 0 aromatic heterocycles. The second kappa shape index (κ2) is 51.3. The van der Waals surface area contributed by atoms with Crippen molar-refractivity contribution in [2.45, 2.75) is 290 Å². The molecule has 0 aliphatic rings. The molecule has 0 aromatic carbocycles. The molecule has 6 nitrogen and oxygen atoms in total. The molecule has 0 bridgehead atoms. The number of hydrogen-bond acceptors (Lipinski definition) is 6. The van der Waals surface area contributed by atoms with Gasteiger partial charge in [0.15, 0.2) is 6.10 Å². The van der Waals surface area contributed by atoms with E-state index in [2.05, 4.69) is 57.2 Å². The van der Waals surface area contributed by atoms with Gasteiger partial charge in [-0.3, -0.25) is 14.4 Å². The number of ether oxygens (including phenoxy) is 3. The summed E-state index contributed by atoms with van der Waals surface area (Å²) < 4.78 is 16.8. The van der Waals surface area contributed by atoms with Gasteiger partial charge in [0.2, 0.25) is 0 Å². The molecule has 0 fully saturated rings. The molecule has 62 heavy (non-hydrogen) atoms. The number of hydrogen-bond donors (Lipinski definition) is 0. The average molecular weight is 871 g/mol. The van der Waals surface area contributed by atoms with Crippen LogP contribution in [0.4, 0.5) is 0 Å². The van der Waals surface area contributed by atoms with Crippen LogP contribution in [0.1, 0.15) is 284 Å². The maximum atomic E-state index is 12.8. The SMILES string of the molecule is CC/C=C\C/C=C\C/C=C\CCCCCCCC(=O)OC(COC(=O)CCCCCCCCCCC)COC(=O)CCCCCCCCCCCCCCCCCCCCCC.